The molecular formula is C17H12ClN3OS. The van der Waals surface area contributed by atoms with Crippen molar-refractivity contribution in [1.29, 1.82) is 0 Å². The number of hydrogen-bond donors (Lipinski definition) is 3. The summed E-state index contributed by atoms with van der Waals surface area (Å²) in [6, 6.07) is 15.0. The summed E-state index contributed by atoms with van der Waals surface area (Å²) >= 11 is 7.27. The van der Waals surface area contributed by atoms with Gasteiger partial charge in [-0.15, -0.1) is 0 Å². The van der Waals surface area contributed by atoms with E-state index in [4.69, 9.17) is 16.7 Å². The molecule has 114 valence electrons. The predicted molar refractivity (Wildman–Crippen MR) is 96.9 cm³/mol. The highest BCUT2D eigenvalue weighted by atomic mass is 35.5. The van der Waals surface area contributed by atoms with Gasteiger partial charge in [-0.2, -0.15) is 0 Å². The summed E-state index contributed by atoms with van der Waals surface area (Å²) in [5.74, 6) is 0. The van der Waals surface area contributed by atoms with Crippen LogP contribution in [0.25, 0.3) is 33.1 Å². The van der Waals surface area contributed by atoms with Crippen LogP contribution in [0.15, 0.2) is 58.2 Å². The maximum absolute atomic E-state index is 12.1. The second-order valence-electron chi connectivity index (χ2n) is 5.26. The van der Waals surface area contributed by atoms with E-state index in [1.165, 1.54) is 11.9 Å². The molecule has 0 unspecified atom stereocenters. The topological polar surface area (TPSA) is 74.7 Å². The summed E-state index contributed by atoms with van der Waals surface area (Å²) in [7, 11) is 0. The number of aromatic amines is 2. The van der Waals surface area contributed by atoms with Crippen molar-refractivity contribution in [1.82, 2.24) is 9.97 Å². The zero-order valence-electron chi connectivity index (χ0n) is 11.9. The SMILES string of the molecule is NSc1cccc(-c2cc(=O)[nH]c3c2[nH]c2ccc(Cl)cc23)c1. The molecule has 0 saturated heterocycles. The third kappa shape index (κ3) is 2.43. The lowest BCUT2D eigenvalue weighted by Gasteiger charge is -2.05. The van der Waals surface area contributed by atoms with Crippen molar-refractivity contribution < 1.29 is 0 Å². The van der Waals surface area contributed by atoms with Crippen molar-refractivity contribution in [2.75, 3.05) is 0 Å². The fourth-order valence-corrected chi connectivity index (χ4v) is 3.35. The molecule has 2 aromatic heterocycles. The minimum Gasteiger partial charge on any atom is -0.353 e. The Balaban J connectivity index is 2.10. The van der Waals surface area contributed by atoms with E-state index in [0.717, 1.165) is 38.0 Å². The number of hydrogen-bond acceptors (Lipinski definition) is 3. The first-order valence-electron chi connectivity index (χ1n) is 6.97. The number of H-pyrrole nitrogens is 2. The number of pyridine rings is 1. The van der Waals surface area contributed by atoms with Gasteiger partial charge in [-0.25, -0.2) is 0 Å². The molecule has 0 aliphatic rings. The van der Waals surface area contributed by atoms with Gasteiger partial charge in [0.25, 0.3) is 0 Å². The van der Waals surface area contributed by atoms with Crippen LogP contribution >= 0.6 is 23.5 Å². The van der Waals surface area contributed by atoms with Crippen molar-refractivity contribution in [3.05, 3.63) is 63.9 Å². The Bertz CT molecular complexity index is 1100. The molecule has 0 radical (unpaired) electrons. The van der Waals surface area contributed by atoms with Crippen LogP contribution in [-0.4, -0.2) is 9.97 Å². The third-order valence-electron chi connectivity index (χ3n) is 3.83. The Morgan fingerprint density at radius 1 is 1.00 bits per heavy atom. The largest absolute Gasteiger partial charge is 0.353 e. The Labute approximate surface area is 140 Å². The van der Waals surface area contributed by atoms with Crippen LogP contribution in [-0.2, 0) is 0 Å². The van der Waals surface area contributed by atoms with Crippen molar-refractivity contribution in [2.24, 2.45) is 5.14 Å². The van der Waals surface area contributed by atoms with Gasteiger partial charge in [-0.1, -0.05) is 23.7 Å². The van der Waals surface area contributed by atoms with E-state index in [1.807, 2.05) is 42.5 Å². The van der Waals surface area contributed by atoms with E-state index in [9.17, 15) is 4.79 Å². The summed E-state index contributed by atoms with van der Waals surface area (Å²) in [6.07, 6.45) is 0. The quantitative estimate of drug-likeness (QED) is 0.476. The lowest BCUT2D eigenvalue weighted by atomic mass is 10.1. The van der Waals surface area contributed by atoms with E-state index < -0.39 is 0 Å². The second-order valence-corrected chi connectivity index (χ2v) is 6.40. The Kier molecular flexibility index (Phi) is 3.41. The van der Waals surface area contributed by atoms with Gasteiger partial charge >= 0.3 is 0 Å². The highest BCUT2D eigenvalue weighted by molar-refractivity contribution is 7.97. The first-order chi connectivity index (χ1) is 11.2. The zero-order valence-corrected chi connectivity index (χ0v) is 13.5. The Morgan fingerprint density at radius 2 is 1.87 bits per heavy atom. The minimum absolute atomic E-state index is 0.154. The fraction of sp³-hybridized carbons (Fsp3) is 0. The Hall–Kier alpha value is -2.21. The second kappa shape index (κ2) is 5.45. The number of nitrogens with one attached hydrogen (secondary N) is 2. The molecule has 4 aromatic rings. The molecule has 0 atom stereocenters. The first kappa shape index (κ1) is 14.4. The van der Waals surface area contributed by atoms with E-state index in [-0.39, 0.29) is 5.56 Å². The molecule has 23 heavy (non-hydrogen) atoms. The molecule has 2 aromatic carbocycles. The number of aromatic nitrogens is 2. The molecule has 4 nitrogen and oxygen atoms in total. The maximum Gasteiger partial charge on any atom is 0.249 e. The summed E-state index contributed by atoms with van der Waals surface area (Å²) in [4.78, 5) is 19.3. The summed E-state index contributed by atoms with van der Waals surface area (Å²) in [5.41, 5.74) is 4.19. The van der Waals surface area contributed by atoms with Gasteiger partial charge in [0.1, 0.15) is 0 Å². The fourth-order valence-electron chi connectivity index (χ4n) is 2.82. The predicted octanol–water partition coefficient (Wildman–Crippen LogP) is 4.30. The van der Waals surface area contributed by atoms with Gasteiger partial charge in [-0.3, -0.25) is 9.93 Å². The smallest absolute Gasteiger partial charge is 0.249 e. The molecule has 6 heteroatoms. The lowest BCUT2D eigenvalue weighted by Crippen LogP contribution is -2.04. The van der Waals surface area contributed by atoms with Gasteiger partial charge in [0.2, 0.25) is 5.56 Å². The maximum atomic E-state index is 12.1. The highest BCUT2D eigenvalue weighted by Gasteiger charge is 2.12. The van der Waals surface area contributed by atoms with E-state index in [2.05, 4.69) is 9.97 Å². The number of nitrogens with two attached hydrogens (primary N) is 1. The van der Waals surface area contributed by atoms with Crippen LogP contribution in [0.4, 0.5) is 0 Å². The van der Waals surface area contributed by atoms with E-state index >= 15 is 0 Å². The number of benzene rings is 2. The van der Waals surface area contributed by atoms with Crippen LogP contribution < -0.4 is 10.7 Å². The zero-order chi connectivity index (χ0) is 16.0. The van der Waals surface area contributed by atoms with Gasteiger partial charge < -0.3 is 9.97 Å². The third-order valence-corrected chi connectivity index (χ3v) is 4.60. The van der Waals surface area contributed by atoms with Gasteiger partial charge in [0.15, 0.2) is 0 Å². The van der Waals surface area contributed by atoms with Crippen LogP contribution in [0.3, 0.4) is 0 Å². The molecule has 0 aliphatic carbocycles. The Morgan fingerprint density at radius 3 is 2.70 bits per heavy atom. The molecule has 0 bridgehead atoms. The van der Waals surface area contributed by atoms with Gasteiger partial charge in [0.05, 0.1) is 11.0 Å². The van der Waals surface area contributed by atoms with Crippen molar-refractivity contribution in [3.8, 4) is 11.1 Å². The molecule has 4 N–H and O–H groups in total. The monoisotopic (exact) mass is 341 g/mol. The molecule has 0 spiro atoms. The van der Waals surface area contributed by atoms with Crippen LogP contribution in [0.5, 0.6) is 0 Å². The lowest BCUT2D eigenvalue weighted by molar-refractivity contribution is 1.31. The van der Waals surface area contributed by atoms with Crippen molar-refractivity contribution in [2.45, 2.75) is 4.90 Å². The van der Waals surface area contributed by atoms with Crippen LogP contribution in [0.2, 0.25) is 5.02 Å². The number of halogens is 1. The average Bonchev–Trinajstić information content (AvgIpc) is 2.92. The highest BCUT2D eigenvalue weighted by Crippen LogP contribution is 2.32. The van der Waals surface area contributed by atoms with Crippen molar-refractivity contribution >= 4 is 45.5 Å². The standard InChI is InChI=1S/C17H12ClN3OS/c18-10-4-5-14-13(7-10)17-16(20-14)12(8-15(22)21-17)9-2-1-3-11(6-9)23-19/h1-8,20H,19H2,(H,21,22). The van der Waals surface area contributed by atoms with Gasteiger partial charge in [0, 0.05) is 32.5 Å². The first-order valence-corrected chi connectivity index (χ1v) is 8.23. The summed E-state index contributed by atoms with van der Waals surface area (Å²) in [6.45, 7) is 0. The van der Waals surface area contributed by atoms with Crippen LogP contribution in [0, 0.1) is 0 Å². The normalized spacial score (nSPS) is 11.4. The van der Waals surface area contributed by atoms with Gasteiger partial charge in [-0.05, 0) is 47.8 Å². The minimum atomic E-state index is -0.154. The molecule has 0 fully saturated rings. The molecule has 4 rings (SSSR count). The van der Waals surface area contributed by atoms with E-state index in [0.29, 0.717) is 5.02 Å². The molecule has 0 amide bonds. The number of fused-ring (bicyclic) bond motifs is 3. The average molecular weight is 342 g/mol. The summed E-state index contributed by atoms with van der Waals surface area (Å²) in [5, 5.41) is 7.17. The number of rotatable bonds is 2. The molecule has 0 saturated carbocycles. The molecule has 0 aliphatic heterocycles. The molecule has 2 heterocycles. The van der Waals surface area contributed by atoms with Crippen molar-refractivity contribution in [3.63, 3.8) is 0 Å². The van der Waals surface area contributed by atoms with Crippen LogP contribution in [0.1, 0.15) is 0 Å². The summed E-state index contributed by atoms with van der Waals surface area (Å²) < 4.78 is 0. The van der Waals surface area contributed by atoms with E-state index in [1.54, 1.807) is 6.07 Å². The molecular weight excluding hydrogens is 330 g/mol.